The summed E-state index contributed by atoms with van der Waals surface area (Å²) in [6.45, 7) is 5.26. The van der Waals surface area contributed by atoms with E-state index >= 15 is 0 Å². The van der Waals surface area contributed by atoms with Crippen LogP contribution >= 0.6 is 12.2 Å². The van der Waals surface area contributed by atoms with Gasteiger partial charge in [-0.15, -0.1) is 0 Å². The number of nitrogens with one attached hydrogen (secondary N) is 2. The largest absolute Gasteiger partial charge is 0.363 e. The minimum absolute atomic E-state index is 0.197. The minimum Gasteiger partial charge on any atom is -0.363 e. The van der Waals surface area contributed by atoms with Crippen LogP contribution in [0.5, 0.6) is 0 Å². The van der Waals surface area contributed by atoms with Crippen LogP contribution in [0.15, 0.2) is 42.5 Å². The molecule has 2 nitrogen and oxygen atoms in total. The second kappa shape index (κ2) is 7.25. The number of thiocarbonyl (C=S) groups is 1. The van der Waals surface area contributed by atoms with Crippen LogP contribution < -0.4 is 10.6 Å². The number of unbranched alkanes of at least 4 members (excludes halogenated alkanes) is 1. The van der Waals surface area contributed by atoms with Gasteiger partial charge in [-0.25, -0.2) is 0 Å². The second-order valence-corrected chi connectivity index (χ2v) is 5.45. The molecule has 0 saturated heterocycles. The lowest BCUT2D eigenvalue weighted by Gasteiger charge is -2.19. The predicted octanol–water partition coefficient (Wildman–Crippen LogP) is 4.17. The van der Waals surface area contributed by atoms with Crippen LogP contribution in [0.25, 0.3) is 10.8 Å². The fourth-order valence-electron chi connectivity index (χ4n) is 2.33. The maximum atomic E-state index is 5.34. The molecule has 0 aliphatic heterocycles. The van der Waals surface area contributed by atoms with Crippen molar-refractivity contribution in [3.63, 3.8) is 0 Å². The number of fused-ring (bicyclic) bond motifs is 1. The first-order valence-corrected chi connectivity index (χ1v) is 7.65. The van der Waals surface area contributed by atoms with Crippen molar-refractivity contribution < 1.29 is 0 Å². The minimum atomic E-state index is 0.197. The lowest BCUT2D eigenvalue weighted by Crippen LogP contribution is -2.37. The average molecular weight is 286 g/mol. The van der Waals surface area contributed by atoms with Gasteiger partial charge in [-0.1, -0.05) is 55.8 Å². The normalized spacial score (nSPS) is 12.1. The number of hydrogen-bond donors (Lipinski definition) is 2. The summed E-state index contributed by atoms with van der Waals surface area (Å²) in [7, 11) is 0. The van der Waals surface area contributed by atoms with E-state index in [0.717, 1.165) is 18.1 Å². The predicted molar refractivity (Wildman–Crippen MR) is 91.0 cm³/mol. The fraction of sp³-hybridized carbons (Fsp3) is 0.353. The molecule has 2 N–H and O–H groups in total. The van der Waals surface area contributed by atoms with E-state index in [1.807, 2.05) is 0 Å². The van der Waals surface area contributed by atoms with Crippen LogP contribution in [0.2, 0.25) is 0 Å². The molecule has 0 amide bonds. The zero-order valence-corrected chi connectivity index (χ0v) is 13.0. The first-order valence-electron chi connectivity index (χ1n) is 7.24. The van der Waals surface area contributed by atoms with Gasteiger partial charge in [0, 0.05) is 6.54 Å². The van der Waals surface area contributed by atoms with Gasteiger partial charge in [0.2, 0.25) is 0 Å². The Labute approximate surface area is 126 Å². The third kappa shape index (κ3) is 3.70. The Morgan fingerprint density at radius 3 is 2.70 bits per heavy atom. The van der Waals surface area contributed by atoms with E-state index in [0.29, 0.717) is 0 Å². The first-order chi connectivity index (χ1) is 9.72. The third-order valence-electron chi connectivity index (χ3n) is 3.45. The highest BCUT2D eigenvalue weighted by molar-refractivity contribution is 7.80. The van der Waals surface area contributed by atoms with Gasteiger partial charge in [-0.3, -0.25) is 0 Å². The van der Waals surface area contributed by atoms with Crippen LogP contribution in [-0.2, 0) is 0 Å². The van der Waals surface area contributed by atoms with Crippen molar-refractivity contribution in [1.29, 1.82) is 0 Å². The Morgan fingerprint density at radius 1 is 1.15 bits per heavy atom. The Bertz CT molecular complexity index is 575. The van der Waals surface area contributed by atoms with Crippen molar-refractivity contribution in [1.82, 2.24) is 10.6 Å². The van der Waals surface area contributed by atoms with Gasteiger partial charge < -0.3 is 10.6 Å². The molecule has 0 unspecified atom stereocenters. The lowest BCUT2D eigenvalue weighted by atomic mass is 10.00. The molecule has 0 saturated carbocycles. The van der Waals surface area contributed by atoms with Gasteiger partial charge in [0.1, 0.15) is 0 Å². The highest BCUT2D eigenvalue weighted by Crippen LogP contribution is 2.23. The molecule has 2 aromatic carbocycles. The molecule has 1 atom stereocenters. The molecular formula is C17H22N2S. The number of rotatable bonds is 5. The Hall–Kier alpha value is -1.61. The monoisotopic (exact) mass is 286 g/mol. The Morgan fingerprint density at radius 2 is 1.90 bits per heavy atom. The maximum Gasteiger partial charge on any atom is 0.166 e. The average Bonchev–Trinajstić information content (AvgIpc) is 2.47. The summed E-state index contributed by atoms with van der Waals surface area (Å²) in [5.74, 6) is 0. The zero-order valence-electron chi connectivity index (χ0n) is 12.1. The SMILES string of the molecule is CCCCNC(=S)N[C@@H](C)c1cccc2ccccc12. The fourth-order valence-corrected chi connectivity index (χ4v) is 2.61. The van der Waals surface area contributed by atoms with E-state index < -0.39 is 0 Å². The number of benzene rings is 2. The summed E-state index contributed by atoms with van der Waals surface area (Å²) in [5, 5.41) is 9.91. The summed E-state index contributed by atoms with van der Waals surface area (Å²) in [6.07, 6.45) is 2.32. The molecule has 0 bridgehead atoms. The van der Waals surface area contributed by atoms with Crippen molar-refractivity contribution in [2.24, 2.45) is 0 Å². The molecule has 2 rings (SSSR count). The smallest absolute Gasteiger partial charge is 0.166 e. The van der Waals surface area contributed by atoms with Gasteiger partial charge in [0.25, 0.3) is 0 Å². The van der Waals surface area contributed by atoms with Crippen molar-refractivity contribution >= 4 is 28.1 Å². The highest BCUT2D eigenvalue weighted by Gasteiger charge is 2.09. The van der Waals surface area contributed by atoms with Gasteiger partial charge in [0.05, 0.1) is 6.04 Å². The molecule has 3 heteroatoms. The van der Waals surface area contributed by atoms with Gasteiger partial charge in [-0.05, 0) is 41.9 Å². The van der Waals surface area contributed by atoms with Crippen LogP contribution in [0.1, 0.15) is 38.3 Å². The van der Waals surface area contributed by atoms with Crippen LogP contribution in [0.4, 0.5) is 0 Å². The van der Waals surface area contributed by atoms with E-state index in [4.69, 9.17) is 12.2 Å². The van der Waals surface area contributed by atoms with E-state index in [-0.39, 0.29) is 6.04 Å². The molecule has 0 spiro atoms. The topological polar surface area (TPSA) is 24.1 Å². The quantitative estimate of drug-likeness (QED) is 0.637. The second-order valence-electron chi connectivity index (χ2n) is 5.04. The molecule has 0 aliphatic carbocycles. The van der Waals surface area contributed by atoms with Gasteiger partial charge >= 0.3 is 0 Å². The molecule has 0 radical (unpaired) electrons. The standard InChI is InChI=1S/C17H22N2S/c1-3-4-12-18-17(20)19-13(2)15-11-7-9-14-8-5-6-10-16(14)15/h5-11,13H,3-4,12H2,1-2H3,(H2,18,19,20)/t13-/m0/s1. The Kier molecular flexibility index (Phi) is 5.36. The number of hydrogen-bond acceptors (Lipinski definition) is 1. The highest BCUT2D eigenvalue weighted by atomic mass is 32.1. The molecule has 0 heterocycles. The van der Waals surface area contributed by atoms with Gasteiger partial charge in [-0.2, -0.15) is 0 Å². The molecule has 0 fully saturated rings. The third-order valence-corrected chi connectivity index (χ3v) is 3.72. The van der Waals surface area contributed by atoms with Crippen molar-refractivity contribution in [2.75, 3.05) is 6.54 Å². The summed E-state index contributed by atoms with van der Waals surface area (Å²) in [6, 6.07) is 15.1. The van der Waals surface area contributed by atoms with Crippen LogP contribution in [0.3, 0.4) is 0 Å². The van der Waals surface area contributed by atoms with Gasteiger partial charge in [0.15, 0.2) is 5.11 Å². The molecule has 106 valence electrons. The van der Waals surface area contributed by atoms with Crippen LogP contribution in [-0.4, -0.2) is 11.7 Å². The molecule has 0 aromatic heterocycles. The summed E-state index contributed by atoms with van der Waals surface area (Å²) >= 11 is 5.34. The maximum absolute atomic E-state index is 5.34. The Balaban J connectivity index is 2.07. The van der Waals surface area contributed by atoms with Crippen molar-refractivity contribution in [3.8, 4) is 0 Å². The van der Waals surface area contributed by atoms with E-state index in [2.05, 4.69) is 66.9 Å². The molecule has 0 aliphatic rings. The van der Waals surface area contributed by atoms with E-state index in [1.54, 1.807) is 0 Å². The summed E-state index contributed by atoms with van der Waals surface area (Å²) in [5.41, 5.74) is 1.28. The molecular weight excluding hydrogens is 264 g/mol. The molecule has 20 heavy (non-hydrogen) atoms. The molecule has 2 aromatic rings. The zero-order chi connectivity index (χ0) is 14.4. The van der Waals surface area contributed by atoms with E-state index in [1.165, 1.54) is 22.8 Å². The van der Waals surface area contributed by atoms with Crippen molar-refractivity contribution in [2.45, 2.75) is 32.7 Å². The summed E-state index contributed by atoms with van der Waals surface area (Å²) in [4.78, 5) is 0. The van der Waals surface area contributed by atoms with Crippen LogP contribution in [0, 0.1) is 0 Å². The lowest BCUT2D eigenvalue weighted by molar-refractivity contribution is 0.686. The van der Waals surface area contributed by atoms with E-state index in [9.17, 15) is 0 Å². The van der Waals surface area contributed by atoms with Crippen molar-refractivity contribution in [3.05, 3.63) is 48.0 Å². The first kappa shape index (κ1) is 14.8. The summed E-state index contributed by atoms with van der Waals surface area (Å²) < 4.78 is 0.